The van der Waals surface area contributed by atoms with Gasteiger partial charge in [-0.25, -0.2) is 12.6 Å². The molecule has 0 bridgehead atoms. The van der Waals surface area contributed by atoms with E-state index in [1.165, 1.54) is 39.8 Å². The number of hydroxylamine groups is 4. The van der Waals surface area contributed by atoms with Crippen LogP contribution in [0.25, 0.3) is 0 Å². The molecular weight excluding hydrogens is 484 g/mol. The summed E-state index contributed by atoms with van der Waals surface area (Å²) in [6, 6.07) is 0. The molecule has 4 unspecified atom stereocenters. The molecule has 0 saturated carbocycles. The van der Waals surface area contributed by atoms with Crippen LogP contribution in [0.15, 0.2) is 0 Å². The van der Waals surface area contributed by atoms with Crippen LogP contribution in [0.2, 0.25) is 0 Å². The van der Waals surface area contributed by atoms with E-state index >= 15 is 0 Å². The molecule has 4 atom stereocenters. The SMILES string of the molecule is CC(=O)N(C)OOS(C)=O.COS(=O)OS(C)=O.CS(=O)OON1C(=O)CC1=O. The first-order valence-corrected chi connectivity index (χ1v) is 12.2. The lowest BCUT2D eigenvalue weighted by molar-refractivity contribution is -0.340. The Kier molecular flexibility index (Phi) is 17.4. The van der Waals surface area contributed by atoms with Crippen molar-refractivity contribution in [3.8, 4) is 0 Å². The molecule has 1 aliphatic rings. The molecule has 0 aromatic heterocycles. The number of imide groups is 1. The lowest BCUT2D eigenvalue weighted by Crippen LogP contribution is -2.48. The van der Waals surface area contributed by atoms with E-state index in [-0.39, 0.29) is 12.3 Å². The lowest BCUT2D eigenvalue weighted by Gasteiger charge is -2.23. The largest absolute Gasteiger partial charge is 0.318 e. The van der Waals surface area contributed by atoms with E-state index in [1.54, 1.807) is 0 Å². The second-order valence-corrected chi connectivity index (χ2v) is 8.17. The van der Waals surface area contributed by atoms with Crippen LogP contribution in [0.5, 0.6) is 0 Å². The Bertz CT molecular complexity index is 644. The third-order valence-corrected chi connectivity index (χ3v) is 3.91. The fourth-order valence-corrected chi connectivity index (χ4v) is 1.90. The van der Waals surface area contributed by atoms with E-state index in [0.29, 0.717) is 5.06 Å². The minimum absolute atomic E-state index is 0.181. The van der Waals surface area contributed by atoms with Crippen molar-refractivity contribution in [3.05, 3.63) is 0 Å². The Morgan fingerprint density at radius 1 is 0.966 bits per heavy atom. The number of carbonyl (C=O) groups excluding carboxylic acids is 3. The van der Waals surface area contributed by atoms with Gasteiger partial charge in [-0.2, -0.15) is 12.9 Å². The monoisotopic (exact) mass is 504 g/mol. The molecule has 0 aromatic rings. The predicted molar refractivity (Wildman–Crippen MR) is 97.7 cm³/mol. The van der Waals surface area contributed by atoms with Crippen molar-refractivity contribution in [3.63, 3.8) is 0 Å². The van der Waals surface area contributed by atoms with Gasteiger partial charge in [0.05, 0.1) is 7.11 Å². The van der Waals surface area contributed by atoms with Crippen molar-refractivity contribution in [1.82, 2.24) is 10.1 Å². The second-order valence-electron chi connectivity index (χ2n) is 4.20. The Hall–Kier alpha value is -1.03. The van der Waals surface area contributed by atoms with Gasteiger partial charge in [-0.3, -0.25) is 18.6 Å². The summed E-state index contributed by atoms with van der Waals surface area (Å²) in [6.07, 6.45) is 3.57. The summed E-state index contributed by atoms with van der Waals surface area (Å²) in [5.41, 5.74) is 0. The van der Waals surface area contributed by atoms with Crippen LogP contribution in [0.1, 0.15) is 13.3 Å². The Morgan fingerprint density at radius 2 is 1.45 bits per heavy atom. The van der Waals surface area contributed by atoms with Crippen LogP contribution < -0.4 is 0 Å². The van der Waals surface area contributed by atoms with Crippen molar-refractivity contribution in [2.45, 2.75) is 13.3 Å². The Morgan fingerprint density at radius 3 is 1.72 bits per heavy atom. The predicted octanol–water partition coefficient (Wildman–Crippen LogP) is -1.95. The Balaban J connectivity index is 0. The summed E-state index contributed by atoms with van der Waals surface area (Å²) in [5, 5.41) is 1.25. The highest BCUT2D eigenvalue weighted by Gasteiger charge is 2.37. The van der Waals surface area contributed by atoms with E-state index in [2.05, 4.69) is 26.5 Å². The summed E-state index contributed by atoms with van der Waals surface area (Å²) in [4.78, 5) is 39.6. The molecule has 19 heteroatoms. The summed E-state index contributed by atoms with van der Waals surface area (Å²) >= 11 is -6.55. The van der Waals surface area contributed by atoms with Crippen molar-refractivity contribution in [2.24, 2.45) is 0 Å². The van der Waals surface area contributed by atoms with E-state index in [1.807, 2.05) is 0 Å². The molecule has 1 heterocycles. The molecule has 0 aromatic carbocycles. The summed E-state index contributed by atoms with van der Waals surface area (Å²) in [6.45, 7) is 1.29. The molecule has 172 valence electrons. The summed E-state index contributed by atoms with van der Waals surface area (Å²) in [5.74, 6) is -1.33. The maximum Gasteiger partial charge on any atom is 0.318 e. The van der Waals surface area contributed by atoms with Crippen LogP contribution in [0, 0.1) is 0 Å². The van der Waals surface area contributed by atoms with Gasteiger partial charge in [0.25, 0.3) is 11.8 Å². The lowest BCUT2D eigenvalue weighted by atomic mass is 10.2. The van der Waals surface area contributed by atoms with Gasteiger partial charge < -0.3 is 0 Å². The first-order chi connectivity index (χ1) is 13.3. The average molecular weight is 505 g/mol. The maximum absolute atomic E-state index is 10.5. The fourth-order valence-electron chi connectivity index (χ4n) is 0.724. The number of nitrogens with zero attached hydrogens (tertiary/aromatic N) is 2. The van der Waals surface area contributed by atoms with Gasteiger partial charge in [0.15, 0.2) is 33.2 Å². The Labute approximate surface area is 176 Å². The van der Waals surface area contributed by atoms with Gasteiger partial charge in [-0.15, -0.1) is 13.7 Å². The zero-order chi connectivity index (χ0) is 23.1. The number of hydrogen-bond donors (Lipinski definition) is 0. The van der Waals surface area contributed by atoms with Gasteiger partial charge in [0.1, 0.15) is 6.42 Å². The normalized spacial score (nSPS) is 16.8. The molecule has 0 spiro atoms. The smallest absolute Gasteiger partial charge is 0.273 e. The first-order valence-electron chi connectivity index (χ1n) is 6.77. The van der Waals surface area contributed by atoms with Crippen LogP contribution in [0.3, 0.4) is 0 Å². The molecule has 15 nitrogen and oxygen atoms in total. The van der Waals surface area contributed by atoms with Crippen LogP contribution in [-0.2, 0) is 85.4 Å². The van der Waals surface area contributed by atoms with Gasteiger partial charge >= 0.3 is 11.4 Å². The number of carbonyl (C=O) groups is 3. The van der Waals surface area contributed by atoms with Crippen LogP contribution >= 0.6 is 0 Å². The van der Waals surface area contributed by atoms with E-state index in [0.717, 1.165) is 5.06 Å². The summed E-state index contributed by atoms with van der Waals surface area (Å²) in [7, 11) is 2.55. The highest BCUT2D eigenvalue weighted by molar-refractivity contribution is 7.90. The molecule has 29 heavy (non-hydrogen) atoms. The molecule has 0 N–H and O–H groups in total. The standard InChI is InChI=1S/C4H5NO5S.C4H9NO4S.C2H6O4S2/c1-11(8)10-9-5-3(6)2-4(5)7;1-4(6)5(2)8-9-10(3)7;1-5-8(4)6-7(2)3/h2H2,1H3;1-3H3;1-2H3. The van der Waals surface area contributed by atoms with Crippen molar-refractivity contribution < 1.29 is 57.7 Å². The highest BCUT2D eigenvalue weighted by atomic mass is 32.3. The quantitative estimate of drug-likeness (QED) is 0.146. The molecule has 1 saturated heterocycles. The van der Waals surface area contributed by atoms with Gasteiger partial charge in [0.2, 0.25) is 5.91 Å². The highest BCUT2D eigenvalue weighted by Crippen LogP contribution is 2.11. The third kappa shape index (κ3) is 17.5. The molecule has 1 fully saturated rings. The number of β-lactam (4-membered cyclic amide) rings is 2. The van der Waals surface area contributed by atoms with E-state index in [4.69, 9.17) is 0 Å². The molecular formula is C10H20N2O13S4. The molecule has 0 radical (unpaired) electrons. The second kappa shape index (κ2) is 16.7. The minimum Gasteiger partial charge on any atom is -0.273 e. The van der Waals surface area contributed by atoms with E-state index in [9.17, 15) is 31.2 Å². The molecule has 1 aliphatic heterocycles. The van der Waals surface area contributed by atoms with Crippen LogP contribution in [0.4, 0.5) is 0 Å². The topological polar surface area (TPSA) is 181 Å². The maximum atomic E-state index is 10.5. The average Bonchev–Trinajstić information content (AvgIpc) is 2.59. The molecule has 0 aliphatic carbocycles. The third-order valence-electron chi connectivity index (χ3n) is 1.93. The minimum atomic E-state index is -1.86. The first kappa shape index (κ1) is 30.2. The fraction of sp³-hybridized carbons (Fsp3) is 0.700. The van der Waals surface area contributed by atoms with E-state index < -0.39 is 56.4 Å². The van der Waals surface area contributed by atoms with Crippen LogP contribution in [-0.4, -0.2) is 77.6 Å². The van der Waals surface area contributed by atoms with Crippen molar-refractivity contribution in [2.75, 3.05) is 32.9 Å². The van der Waals surface area contributed by atoms with Gasteiger partial charge in [0, 0.05) is 32.7 Å². The molecule has 3 amide bonds. The van der Waals surface area contributed by atoms with Crippen molar-refractivity contribution in [1.29, 1.82) is 0 Å². The summed E-state index contributed by atoms with van der Waals surface area (Å²) < 4.78 is 57.0. The number of hydrogen-bond acceptors (Lipinski definition) is 13. The van der Waals surface area contributed by atoms with Gasteiger partial charge in [-0.1, -0.05) is 9.98 Å². The zero-order valence-corrected chi connectivity index (χ0v) is 19.3. The number of rotatable bonds is 9. The number of amides is 3. The zero-order valence-electron chi connectivity index (χ0n) is 16.0. The molecule has 1 rings (SSSR count). The van der Waals surface area contributed by atoms with Crippen molar-refractivity contribution >= 4 is 62.3 Å². The van der Waals surface area contributed by atoms with Gasteiger partial charge in [-0.05, 0) is 0 Å².